The van der Waals surface area contributed by atoms with Gasteiger partial charge in [0.05, 0.1) is 18.1 Å². The second kappa shape index (κ2) is 8.89. The van der Waals surface area contributed by atoms with E-state index in [1.807, 2.05) is 31.2 Å². The van der Waals surface area contributed by atoms with Crippen molar-refractivity contribution in [3.05, 3.63) is 53.6 Å². The van der Waals surface area contributed by atoms with E-state index in [2.05, 4.69) is 0 Å². The summed E-state index contributed by atoms with van der Waals surface area (Å²) in [7, 11) is -3.86. The lowest BCUT2D eigenvalue weighted by Crippen LogP contribution is -2.40. The molecule has 2 aliphatic rings. The maximum Gasteiger partial charge on any atom is 0.342 e. The lowest BCUT2D eigenvalue weighted by atomic mass is 10.1. The Morgan fingerprint density at radius 1 is 1.16 bits per heavy atom. The molecular formula is C22H24N2O7S. The first-order valence-corrected chi connectivity index (χ1v) is 11.7. The molecule has 2 aliphatic heterocycles. The number of aromatic hydroxyl groups is 1. The smallest absolute Gasteiger partial charge is 0.342 e. The molecule has 2 heterocycles. The summed E-state index contributed by atoms with van der Waals surface area (Å²) >= 11 is 0. The highest BCUT2D eigenvalue weighted by Crippen LogP contribution is 2.32. The Labute approximate surface area is 186 Å². The van der Waals surface area contributed by atoms with Crippen LogP contribution in [0.4, 0.5) is 5.69 Å². The average Bonchev–Trinajstić information content (AvgIpc) is 3.13. The number of benzene rings is 2. The fraction of sp³-hybridized carbons (Fsp3) is 0.364. The number of morpholine rings is 1. The molecule has 1 N–H and O–H groups in total. The fourth-order valence-electron chi connectivity index (χ4n) is 4.00. The van der Waals surface area contributed by atoms with E-state index < -0.39 is 34.3 Å². The Morgan fingerprint density at radius 3 is 2.62 bits per heavy atom. The summed E-state index contributed by atoms with van der Waals surface area (Å²) in [5.74, 6) is -1.80. The monoisotopic (exact) mass is 460 g/mol. The standard InChI is InChI=1S/C22H24N2O7S/c1-15-12-16-4-2-3-5-19(16)24(15)21(26)14-31-22(27)18-13-17(6-7-20(18)25)32(28,29)23-8-10-30-11-9-23/h2-7,13,15,25H,8-12,14H2,1H3. The molecule has 1 saturated heterocycles. The van der Waals surface area contributed by atoms with Crippen LogP contribution in [0.15, 0.2) is 47.4 Å². The van der Waals surface area contributed by atoms with Gasteiger partial charge in [-0.3, -0.25) is 4.79 Å². The third kappa shape index (κ3) is 4.21. The maximum atomic E-state index is 12.8. The lowest BCUT2D eigenvalue weighted by molar-refractivity contribution is -0.122. The third-order valence-corrected chi connectivity index (χ3v) is 7.49. The van der Waals surface area contributed by atoms with E-state index in [-0.39, 0.29) is 42.8 Å². The highest BCUT2D eigenvalue weighted by atomic mass is 32.2. The lowest BCUT2D eigenvalue weighted by Gasteiger charge is -2.26. The minimum atomic E-state index is -3.86. The van der Waals surface area contributed by atoms with Gasteiger partial charge in [-0.25, -0.2) is 13.2 Å². The zero-order valence-corrected chi connectivity index (χ0v) is 18.4. The van der Waals surface area contributed by atoms with Crippen molar-refractivity contribution < 1.29 is 32.6 Å². The highest BCUT2D eigenvalue weighted by Gasteiger charge is 2.32. The van der Waals surface area contributed by atoms with Crippen LogP contribution >= 0.6 is 0 Å². The molecule has 32 heavy (non-hydrogen) atoms. The van der Waals surface area contributed by atoms with Crippen molar-refractivity contribution >= 4 is 27.6 Å². The van der Waals surface area contributed by atoms with Gasteiger partial charge in [0, 0.05) is 24.8 Å². The quantitative estimate of drug-likeness (QED) is 0.674. The summed E-state index contributed by atoms with van der Waals surface area (Å²) in [5.41, 5.74) is 1.50. The number of anilines is 1. The number of nitrogens with zero attached hydrogens (tertiary/aromatic N) is 2. The first-order chi connectivity index (χ1) is 15.3. The summed E-state index contributed by atoms with van der Waals surface area (Å²) < 4.78 is 37.3. The number of esters is 1. The molecule has 170 valence electrons. The van der Waals surface area contributed by atoms with E-state index in [9.17, 15) is 23.1 Å². The molecule has 4 rings (SSSR count). The zero-order valence-electron chi connectivity index (χ0n) is 17.6. The van der Waals surface area contributed by atoms with Gasteiger partial charge in [0.25, 0.3) is 5.91 Å². The van der Waals surface area contributed by atoms with E-state index >= 15 is 0 Å². The molecule has 1 atom stereocenters. The van der Waals surface area contributed by atoms with E-state index in [0.717, 1.165) is 23.4 Å². The Morgan fingerprint density at radius 2 is 1.88 bits per heavy atom. The number of phenolic OH excluding ortho intramolecular Hbond substituents is 1. The van der Waals surface area contributed by atoms with Crippen LogP contribution in [0.25, 0.3) is 0 Å². The van der Waals surface area contributed by atoms with Gasteiger partial charge in [0.1, 0.15) is 11.3 Å². The first kappa shape index (κ1) is 22.3. The second-order valence-corrected chi connectivity index (χ2v) is 9.66. The summed E-state index contributed by atoms with van der Waals surface area (Å²) in [6.07, 6.45) is 0.706. The number of amides is 1. The Balaban J connectivity index is 1.48. The third-order valence-electron chi connectivity index (χ3n) is 5.60. The first-order valence-electron chi connectivity index (χ1n) is 10.3. The summed E-state index contributed by atoms with van der Waals surface area (Å²) in [6, 6.07) is 10.9. The predicted molar refractivity (Wildman–Crippen MR) is 115 cm³/mol. The molecule has 0 bridgehead atoms. The summed E-state index contributed by atoms with van der Waals surface area (Å²) in [4.78, 5) is 26.8. The molecule has 2 aromatic rings. The molecule has 0 aromatic heterocycles. The van der Waals surface area contributed by atoms with Crippen LogP contribution in [0, 0.1) is 0 Å². The Hall–Kier alpha value is -2.95. The van der Waals surface area contributed by atoms with Crippen LogP contribution in [0.5, 0.6) is 5.75 Å². The summed E-state index contributed by atoms with van der Waals surface area (Å²) in [6.45, 7) is 2.35. The number of hydrogen-bond acceptors (Lipinski definition) is 7. The number of phenols is 1. The molecule has 0 aliphatic carbocycles. The average molecular weight is 461 g/mol. The van der Waals surface area contributed by atoms with Gasteiger partial charge in [-0.1, -0.05) is 18.2 Å². The molecule has 1 unspecified atom stereocenters. The molecule has 0 radical (unpaired) electrons. The summed E-state index contributed by atoms with van der Waals surface area (Å²) in [5, 5.41) is 10.1. The maximum absolute atomic E-state index is 12.8. The van der Waals surface area contributed by atoms with Gasteiger partial charge < -0.3 is 19.5 Å². The van der Waals surface area contributed by atoms with Crippen LogP contribution in [-0.4, -0.2) is 68.7 Å². The van der Waals surface area contributed by atoms with Crippen LogP contribution in [0.1, 0.15) is 22.8 Å². The van der Waals surface area contributed by atoms with Crippen LogP contribution in [0.2, 0.25) is 0 Å². The van der Waals surface area contributed by atoms with Crippen molar-refractivity contribution in [2.24, 2.45) is 0 Å². The van der Waals surface area contributed by atoms with E-state index in [1.165, 1.54) is 10.4 Å². The van der Waals surface area contributed by atoms with Crippen LogP contribution < -0.4 is 4.90 Å². The zero-order chi connectivity index (χ0) is 22.9. The van der Waals surface area contributed by atoms with E-state index in [1.54, 1.807) is 4.90 Å². The van der Waals surface area contributed by atoms with Crippen LogP contribution in [-0.2, 0) is 30.7 Å². The number of rotatable bonds is 5. The number of para-hydroxylation sites is 1. The normalized spacial score (nSPS) is 18.9. The predicted octanol–water partition coefficient (Wildman–Crippen LogP) is 1.55. The molecule has 0 spiro atoms. The minimum absolute atomic E-state index is 0.0750. The number of ether oxygens (including phenoxy) is 2. The number of carbonyl (C=O) groups is 2. The van der Waals surface area contributed by atoms with Gasteiger partial charge >= 0.3 is 5.97 Å². The van der Waals surface area contributed by atoms with Gasteiger partial charge in [0.2, 0.25) is 10.0 Å². The highest BCUT2D eigenvalue weighted by molar-refractivity contribution is 7.89. The van der Waals surface area contributed by atoms with Gasteiger partial charge in [-0.15, -0.1) is 0 Å². The van der Waals surface area contributed by atoms with Crippen molar-refractivity contribution in [3.63, 3.8) is 0 Å². The number of carbonyl (C=O) groups excluding carboxylic acids is 2. The van der Waals surface area contributed by atoms with E-state index in [4.69, 9.17) is 9.47 Å². The van der Waals surface area contributed by atoms with Crippen molar-refractivity contribution in [2.45, 2.75) is 24.3 Å². The Bertz CT molecular complexity index is 1140. The molecule has 2 aromatic carbocycles. The molecular weight excluding hydrogens is 436 g/mol. The van der Waals surface area contributed by atoms with E-state index in [0.29, 0.717) is 6.42 Å². The number of hydrogen-bond donors (Lipinski definition) is 1. The molecule has 1 fully saturated rings. The second-order valence-electron chi connectivity index (χ2n) is 7.72. The molecule has 1 amide bonds. The van der Waals surface area contributed by atoms with Crippen molar-refractivity contribution in [3.8, 4) is 5.75 Å². The van der Waals surface area contributed by atoms with Crippen molar-refractivity contribution in [1.29, 1.82) is 0 Å². The van der Waals surface area contributed by atoms with Gasteiger partial charge in [-0.2, -0.15) is 4.31 Å². The van der Waals surface area contributed by atoms with Crippen LogP contribution in [0.3, 0.4) is 0 Å². The Kier molecular flexibility index (Phi) is 6.18. The fourth-order valence-corrected chi connectivity index (χ4v) is 5.43. The van der Waals surface area contributed by atoms with Crippen molar-refractivity contribution in [1.82, 2.24) is 4.31 Å². The molecule has 9 nitrogen and oxygen atoms in total. The number of sulfonamides is 1. The molecule has 0 saturated carbocycles. The molecule has 10 heteroatoms. The van der Waals surface area contributed by atoms with Crippen molar-refractivity contribution in [2.75, 3.05) is 37.8 Å². The largest absolute Gasteiger partial charge is 0.507 e. The van der Waals surface area contributed by atoms with Gasteiger partial charge in [-0.05, 0) is 43.2 Å². The van der Waals surface area contributed by atoms with Gasteiger partial charge in [0.15, 0.2) is 6.61 Å². The minimum Gasteiger partial charge on any atom is -0.507 e. The topological polar surface area (TPSA) is 113 Å². The number of fused-ring (bicyclic) bond motifs is 1. The SMILES string of the molecule is CC1Cc2ccccc2N1C(=O)COC(=O)c1cc(S(=O)(=O)N2CCOCC2)ccc1O.